The topological polar surface area (TPSA) is 109 Å². The van der Waals surface area contributed by atoms with E-state index in [4.69, 9.17) is 0 Å². The summed E-state index contributed by atoms with van der Waals surface area (Å²) < 4.78 is 1.93. The Hall–Kier alpha value is -6.13. The van der Waals surface area contributed by atoms with Crippen LogP contribution in [0.5, 0.6) is 0 Å². The Bertz CT molecular complexity index is 2280. The molecule has 7 rings (SSSR count). The number of imidazole rings is 1. The number of aromatic nitrogens is 3. The summed E-state index contributed by atoms with van der Waals surface area (Å²) in [5, 5.41) is 8.54. The summed E-state index contributed by atoms with van der Waals surface area (Å²) in [5.41, 5.74) is 5.73. The fraction of sp³-hybridized carbons (Fsp3) is 0.103. The molecule has 9 nitrogen and oxygen atoms in total. The third kappa shape index (κ3) is 6.81. The Morgan fingerprint density at radius 3 is 2.43 bits per heavy atom. The summed E-state index contributed by atoms with van der Waals surface area (Å²) in [7, 11) is 1.74. The molecular weight excluding hydrogens is 633 g/mol. The summed E-state index contributed by atoms with van der Waals surface area (Å²) in [6.45, 7) is 2.43. The molecule has 0 aliphatic heterocycles. The molecule has 0 radical (unpaired) electrons. The van der Waals surface area contributed by atoms with Gasteiger partial charge >= 0.3 is 0 Å². The molecule has 1 atom stereocenters. The second-order valence-electron chi connectivity index (χ2n) is 11.8. The van der Waals surface area contributed by atoms with Gasteiger partial charge in [-0.15, -0.1) is 11.3 Å². The first kappa shape index (κ1) is 31.5. The third-order valence-electron chi connectivity index (χ3n) is 8.31. The molecule has 3 amide bonds. The Balaban J connectivity index is 1.08. The average Bonchev–Trinajstić information content (AvgIpc) is 3.74. The number of carbonyl (C=O) groups is 3. The van der Waals surface area contributed by atoms with Crippen LogP contribution in [0.1, 0.15) is 43.4 Å². The highest BCUT2D eigenvalue weighted by Gasteiger charge is 2.26. The maximum atomic E-state index is 13.7. The first-order valence-corrected chi connectivity index (χ1v) is 16.6. The number of aryl methyl sites for hydroxylation is 1. The average molecular weight is 665 g/mol. The number of amides is 3. The van der Waals surface area contributed by atoms with Crippen LogP contribution < -0.4 is 10.6 Å². The van der Waals surface area contributed by atoms with Crippen LogP contribution in [0.4, 0.5) is 5.82 Å². The second-order valence-corrected chi connectivity index (χ2v) is 12.7. The number of hydrogen-bond acceptors (Lipinski definition) is 6. The van der Waals surface area contributed by atoms with Gasteiger partial charge in [-0.3, -0.25) is 18.8 Å². The lowest BCUT2D eigenvalue weighted by Crippen LogP contribution is -2.41. The molecule has 0 saturated carbocycles. The number of hydrogen-bond donors (Lipinski definition) is 2. The zero-order chi connectivity index (χ0) is 33.9. The number of pyridine rings is 1. The van der Waals surface area contributed by atoms with Gasteiger partial charge in [0.05, 0.1) is 11.2 Å². The van der Waals surface area contributed by atoms with E-state index in [0.717, 1.165) is 21.7 Å². The molecule has 0 unspecified atom stereocenters. The first-order valence-electron chi connectivity index (χ1n) is 15.7. The van der Waals surface area contributed by atoms with Crippen molar-refractivity contribution in [3.8, 4) is 11.3 Å². The van der Waals surface area contributed by atoms with Gasteiger partial charge in [0.2, 0.25) is 5.91 Å². The number of anilines is 1. The van der Waals surface area contributed by atoms with Crippen molar-refractivity contribution in [3.63, 3.8) is 0 Å². The van der Waals surface area contributed by atoms with E-state index in [1.54, 1.807) is 48.3 Å². The highest BCUT2D eigenvalue weighted by Crippen LogP contribution is 2.26. The van der Waals surface area contributed by atoms with Crippen LogP contribution in [-0.2, 0) is 11.3 Å². The quantitative estimate of drug-likeness (QED) is 0.168. The Morgan fingerprint density at radius 2 is 1.63 bits per heavy atom. The summed E-state index contributed by atoms with van der Waals surface area (Å²) in [5.74, 6) is -0.543. The molecule has 49 heavy (non-hydrogen) atoms. The molecule has 0 fully saturated rings. The predicted octanol–water partition coefficient (Wildman–Crippen LogP) is 7.30. The van der Waals surface area contributed by atoms with Crippen molar-refractivity contribution in [2.75, 3.05) is 12.4 Å². The third-order valence-corrected chi connectivity index (χ3v) is 9.08. The monoisotopic (exact) mass is 664 g/mol. The number of nitrogens with zero attached hydrogens (tertiary/aromatic N) is 4. The summed E-state index contributed by atoms with van der Waals surface area (Å²) in [6.07, 6.45) is 3.84. The molecular formula is C39H32N6O3S. The molecule has 0 bridgehead atoms. The van der Waals surface area contributed by atoms with Gasteiger partial charge in [-0.2, -0.15) is 0 Å². The van der Waals surface area contributed by atoms with Crippen LogP contribution in [0.2, 0.25) is 0 Å². The number of likely N-dealkylation sites (N-methyl/N-ethyl adjacent to an activating group) is 1. The second kappa shape index (κ2) is 13.5. The zero-order valence-corrected chi connectivity index (χ0v) is 27.6. The van der Waals surface area contributed by atoms with Crippen LogP contribution in [0.3, 0.4) is 0 Å². The van der Waals surface area contributed by atoms with Crippen molar-refractivity contribution in [1.82, 2.24) is 24.6 Å². The van der Waals surface area contributed by atoms with Crippen molar-refractivity contribution in [2.45, 2.75) is 19.5 Å². The molecule has 0 spiro atoms. The van der Waals surface area contributed by atoms with Gasteiger partial charge in [-0.1, -0.05) is 78.4 Å². The minimum atomic E-state index is -0.878. The van der Waals surface area contributed by atoms with Crippen LogP contribution in [0.15, 0.2) is 127 Å². The van der Waals surface area contributed by atoms with Crippen molar-refractivity contribution in [3.05, 3.63) is 155 Å². The first-order chi connectivity index (χ1) is 23.8. The van der Waals surface area contributed by atoms with Crippen molar-refractivity contribution < 1.29 is 14.4 Å². The van der Waals surface area contributed by atoms with E-state index in [1.165, 1.54) is 11.3 Å². The minimum Gasteiger partial charge on any atom is -0.339 e. The van der Waals surface area contributed by atoms with Gasteiger partial charge < -0.3 is 15.5 Å². The molecule has 10 heteroatoms. The lowest BCUT2D eigenvalue weighted by Gasteiger charge is -2.25. The van der Waals surface area contributed by atoms with E-state index in [-0.39, 0.29) is 17.7 Å². The Kier molecular flexibility index (Phi) is 8.70. The molecule has 2 N–H and O–H groups in total. The normalized spacial score (nSPS) is 11.7. The lowest BCUT2D eigenvalue weighted by atomic mass is 10.0. The molecule has 3 heterocycles. The highest BCUT2D eigenvalue weighted by atomic mass is 32.1. The molecule has 3 aromatic heterocycles. The smallest absolute Gasteiger partial charge is 0.257 e. The van der Waals surface area contributed by atoms with Crippen molar-refractivity contribution >= 4 is 50.7 Å². The van der Waals surface area contributed by atoms with Crippen LogP contribution in [0.25, 0.3) is 27.1 Å². The largest absolute Gasteiger partial charge is 0.339 e. The highest BCUT2D eigenvalue weighted by molar-refractivity contribution is 7.15. The summed E-state index contributed by atoms with van der Waals surface area (Å²) in [4.78, 5) is 52.5. The lowest BCUT2D eigenvalue weighted by molar-refractivity contribution is -0.132. The van der Waals surface area contributed by atoms with E-state index < -0.39 is 6.04 Å². The zero-order valence-electron chi connectivity index (χ0n) is 26.8. The van der Waals surface area contributed by atoms with E-state index in [0.29, 0.717) is 45.6 Å². The van der Waals surface area contributed by atoms with E-state index in [1.807, 2.05) is 102 Å². The number of nitrogens with one attached hydrogen (secondary N) is 2. The molecule has 7 aromatic rings. The van der Waals surface area contributed by atoms with Crippen LogP contribution in [0, 0.1) is 6.92 Å². The Morgan fingerprint density at radius 1 is 0.857 bits per heavy atom. The summed E-state index contributed by atoms with van der Waals surface area (Å²) >= 11 is 1.53. The molecule has 0 saturated heterocycles. The van der Waals surface area contributed by atoms with Crippen LogP contribution in [-0.4, -0.2) is 44.0 Å². The maximum Gasteiger partial charge on any atom is 0.257 e. The fourth-order valence-electron chi connectivity index (χ4n) is 5.70. The van der Waals surface area contributed by atoms with E-state index in [2.05, 4.69) is 20.6 Å². The number of fused-ring (bicyclic) bond motifs is 2. The van der Waals surface area contributed by atoms with Gasteiger partial charge in [-0.25, -0.2) is 9.97 Å². The van der Waals surface area contributed by atoms with Gasteiger partial charge in [0.25, 0.3) is 11.8 Å². The SMILES string of the molecule is Cc1ccc(CN(C)C(=O)[C@@H](NC(=O)c2ccc3nc(NC(=O)c4ccccc4-c4cn5ccsc5n4)ccc3c2)c2ccccc2)cc1. The fourth-order valence-corrected chi connectivity index (χ4v) is 6.40. The number of rotatable bonds is 9. The van der Waals surface area contributed by atoms with Gasteiger partial charge in [0.1, 0.15) is 11.9 Å². The molecule has 0 aliphatic carbocycles. The van der Waals surface area contributed by atoms with Gasteiger partial charge in [0, 0.05) is 53.4 Å². The standard InChI is InChI=1S/C39H32N6O3S/c1-25-12-14-26(15-13-25)23-44(2)38(48)35(27-8-4-3-5-9-27)43-36(46)29-16-18-32-28(22-29)17-19-34(40-32)42-37(47)31-11-7-6-10-30(31)33-24-45-20-21-49-39(45)41-33/h3-22,24,35H,23H2,1-2H3,(H,43,46)(H,40,42,47)/t35-/m0/s1. The maximum absolute atomic E-state index is 13.7. The molecule has 4 aromatic carbocycles. The molecule has 242 valence electrons. The summed E-state index contributed by atoms with van der Waals surface area (Å²) in [6, 6.07) is 32.3. The van der Waals surface area contributed by atoms with Gasteiger partial charge in [-0.05, 0) is 54.4 Å². The molecule has 0 aliphatic rings. The number of benzene rings is 4. The number of thiazole rings is 1. The van der Waals surface area contributed by atoms with Gasteiger partial charge in [0.15, 0.2) is 4.96 Å². The number of carbonyl (C=O) groups excluding carboxylic acids is 3. The van der Waals surface area contributed by atoms with E-state index >= 15 is 0 Å². The Labute approximate surface area is 286 Å². The minimum absolute atomic E-state index is 0.225. The predicted molar refractivity (Wildman–Crippen MR) is 193 cm³/mol. The van der Waals surface area contributed by atoms with Crippen molar-refractivity contribution in [2.24, 2.45) is 0 Å². The van der Waals surface area contributed by atoms with Crippen LogP contribution >= 0.6 is 11.3 Å². The van der Waals surface area contributed by atoms with Crippen molar-refractivity contribution in [1.29, 1.82) is 0 Å². The van der Waals surface area contributed by atoms with E-state index in [9.17, 15) is 14.4 Å².